The van der Waals surface area contributed by atoms with Crippen LogP contribution in [0.25, 0.3) is 0 Å². The van der Waals surface area contributed by atoms with Crippen molar-refractivity contribution >= 4 is 5.97 Å². The molecule has 0 N–H and O–H groups in total. The highest BCUT2D eigenvalue weighted by Gasteiger charge is 2.45. The van der Waals surface area contributed by atoms with E-state index in [0.717, 1.165) is 6.42 Å². The lowest BCUT2D eigenvalue weighted by molar-refractivity contribution is -0.174. The van der Waals surface area contributed by atoms with Crippen LogP contribution < -0.4 is 0 Å². The van der Waals surface area contributed by atoms with Gasteiger partial charge >= 0.3 is 5.97 Å². The van der Waals surface area contributed by atoms with E-state index in [1.807, 2.05) is 26.8 Å². The zero-order valence-electron chi connectivity index (χ0n) is 11.2. The third-order valence-electron chi connectivity index (χ3n) is 3.68. The fourth-order valence-electron chi connectivity index (χ4n) is 1.87. The Bertz CT molecular complexity index is 399. The highest BCUT2D eigenvalue weighted by atomic mass is 16.6. The van der Waals surface area contributed by atoms with Gasteiger partial charge in [0, 0.05) is 6.42 Å². The second-order valence-corrected chi connectivity index (χ2v) is 5.40. The highest BCUT2D eigenvalue weighted by molar-refractivity contribution is 5.76. The van der Waals surface area contributed by atoms with Crippen molar-refractivity contribution in [3.8, 4) is 0 Å². The molecule has 100 valence electrons. The predicted octanol–water partition coefficient (Wildman–Crippen LogP) is 2.87. The minimum atomic E-state index is -0.743. The summed E-state index contributed by atoms with van der Waals surface area (Å²) in [5, 5.41) is 0. The standard InChI is InChI=1S/C14H20O4/c1-4-13(2,3)12(15)18-14(7-9-16-10-14)11-6-5-8-17-11/h5-6,8H,4,7,9-10H2,1-3H3. The summed E-state index contributed by atoms with van der Waals surface area (Å²) in [6.07, 6.45) is 2.97. The molecular weight excluding hydrogens is 232 g/mol. The molecule has 2 rings (SSSR count). The third-order valence-corrected chi connectivity index (χ3v) is 3.68. The molecule has 4 nitrogen and oxygen atoms in total. The summed E-state index contributed by atoms with van der Waals surface area (Å²) >= 11 is 0. The fraction of sp³-hybridized carbons (Fsp3) is 0.643. The first-order valence-electron chi connectivity index (χ1n) is 6.35. The number of hydrogen-bond donors (Lipinski definition) is 0. The number of esters is 1. The predicted molar refractivity (Wildman–Crippen MR) is 66.0 cm³/mol. The van der Waals surface area contributed by atoms with Gasteiger partial charge in [-0.05, 0) is 32.4 Å². The molecule has 0 radical (unpaired) electrons. The van der Waals surface area contributed by atoms with Gasteiger partial charge in [0.2, 0.25) is 0 Å². The second-order valence-electron chi connectivity index (χ2n) is 5.40. The highest BCUT2D eigenvalue weighted by Crippen LogP contribution is 2.37. The molecule has 1 saturated heterocycles. The lowest BCUT2D eigenvalue weighted by Gasteiger charge is -2.30. The van der Waals surface area contributed by atoms with Gasteiger partial charge in [0.25, 0.3) is 0 Å². The van der Waals surface area contributed by atoms with Crippen LogP contribution in [0.5, 0.6) is 0 Å². The lowest BCUT2D eigenvalue weighted by atomic mass is 9.89. The molecule has 1 atom stereocenters. The molecule has 0 saturated carbocycles. The van der Waals surface area contributed by atoms with Crippen LogP contribution in [0.3, 0.4) is 0 Å². The van der Waals surface area contributed by atoms with Gasteiger partial charge in [-0.1, -0.05) is 6.92 Å². The Morgan fingerprint density at radius 2 is 2.33 bits per heavy atom. The van der Waals surface area contributed by atoms with E-state index in [4.69, 9.17) is 13.9 Å². The Labute approximate surface area is 107 Å². The summed E-state index contributed by atoms with van der Waals surface area (Å²) in [6, 6.07) is 3.63. The topological polar surface area (TPSA) is 48.7 Å². The van der Waals surface area contributed by atoms with Crippen molar-refractivity contribution in [2.75, 3.05) is 13.2 Å². The Hall–Kier alpha value is -1.29. The average molecular weight is 252 g/mol. The summed E-state index contributed by atoms with van der Waals surface area (Å²) in [6.45, 7) is 6.71. The van der Waals surface area contributed by atoms with Crippen molar-refractivity contribution in [2.45, 2.75) is 39.2 Å². The number of rotatable bonds is 4. The summed E-state index contributed by atoms with van der Waals surface area (Å²) in [4.78, 5) is 12.2. The third kappa shape index (κ3) is 2.29. The molecule has 4 heteroatoms. The van der Waals surface area contributed by atoms with E-state index in [0.29, 0.717) is 25.4 Å². The summed E-state index contributed by atoms with van der Waals surface area (Å²) in [7, 11) is 0. The quantitative estimate of drug-likeness (QED) is 0.773. The smallest absolute Gasteiger partial charge is 0.312 e. The molecule has 0 amide bonds. The molecule has 1 aromatic heterocycles. The van der Waals surface area contributed by atoms with Gasteiger partial charge < -0.3 is 13.9 Å². The molecule has 2 heterocycles. The largest absolute Gasteiger partial charge is 0.465 e. The van der Waals surface area contributed by atoms with Crippen molar-refractivity contribution in [3.63, 3.8) is 0 Å². The van der Waals surface area contributed by atoms with Crippen molar-refractivity contribution < 1.29 is 18.7 Å². The Morgan fingerprint density at radius 1 is 1.56 bits per heavy atom. The van der Waals surface area contributed by atoms with Crippen molar-refractivity contribution in [1.29, 1.82) is 0 Å². The average Bonchev–Trinajstić information content (AvgIpc) is 2.99. The molecule has 1 aliphatic rings. The summed E-state index contributed by atoms with van der Waals surface area (Å²) in [5.41, 5.74) is -1.23. The molecular formula is C14H20O4. The molecule has 0 aromatic carbocycles. The van der Waals surface area contributed by atoms with Gasteiger partial charge in [0.05, 0.1) is 24.9 Å². The maximum absolute atomic E-state index is 12.2. The fourth-order valence-corrected chi connectivity index (χ4v) is 1.87. The van der Waals surface area contributed by atoms with Gasteiger partial charge in [-0.3, -0.25) is 4.79 Å². The van der Waals surface area contributed by atoms with Crippen molar-refractivity contribution in [3.05, 3.63) is 24.2 Å². The molecule has 1 unspecified atom stereocenters. The maximum Gasteiger partial charge on any atom is 0.312 e. The van der Waals surface area contributed by atoms with Gasteiger partial charge in [0.1, 0.15) is 5.76 Å². The van der Waals surface area contributed by atoms with E-state index >= 15 is 0 Å². The molecule has 0 aliphatic carbocycles. The van der Waals surface area contributed by atoms with Crippen LogP contribution in [0.15, 0.2) is 22.8 Å². The van der Waals surface area contributed by atoms with Crippen LogP contribution in [0.2, 0.25) is 0 Å². The molecule has 1 aliphatic heterocycles. The van der Waals surface area contributed by atoms with Crippen molar-refractivity contribution in [1.82, 2.24) is 0 Å². The first-order chi connectivity index (χ1) is 8.50. The van der Waals surface area contributed by atoms with Gasteiger partial charge in [-0.15, -0.1) is 0 Å². The van der Waals surface area contributed by atoms with E-state index in [2.05, 4.69) is 0 Å². The van der Waals surface area contributed by atoms with E-state index in [1.54, 1.807) is 12.3 Å². The number of furan rings is 1. The van der Waals surface area contributed by atoms with Gasteiger partial charge in [-0.25, -0.2) is 0 Å². The van der Waals surface area contributed by atoms with Crippen LogP contribution in [-0.2, 0) is 19.9 Å². The molecule has 0 spiro atoms. The summed E-state index contributed by atoms with van der Waals surface area (Å²) < 4.78 is 16.5. The Balaban J connectivity index is 2.20. The van der Waals surface area contributed by atoms with Crippen LogP contribution >= 0.6 is 0 Å². The van der Waals surface area contributed by atoms with Gasteiger partial charge in [-0.2, -0.15) is 0 Å². The molecule has 1 aromatic rings. The van der Waals surface area contributed by atoms with Crippen LogP contribution in [0.1, 0.15) is 39.4 Å². The monoisotopic (exact) mass is 252 g/mol. The zero-order valence-corrected chi connectivity index (χ0v) is 11.2. The Morgan fingerprint density at radius 3 is 2.83 bits per heavy atom. The van der Waals surface area contributed by atoms with E-state index in [-0.39, 0.29) is 5.97 Å². The molecule has 0 bridgehead atoms. The SMILES string of the molecule is CCC(C)(C)C(=O)OC1(c2ccco2)CCOC1. The van der Waals surface area contributed by atoms with E-state index in [9.17, 15) is 4.79 Å². The first kappa shape index (κ1) is 13.1. The summed E-state index contributed by atoms with van der Waals surface area (Å²) in [5.74, 6) is 0.465. The lowest BCUT2D eigenvalue weighted by Crippen LogP contribution is -2.38. The number of carbonyl (C=O) groups excluding carboxylic acids is 1. The van der Waals surface area contributed by atoms with Gasteiger partial charge in [0.15, 0.2) is 5.60 Å². The minimum absolute atomic E-state index is 0.202. The maximum atomic E-state index is 12.2. The molecule has 1 fully saturated rings. The van der Waals surface area contributed by atoms with Crippen LogP contribution in [0.4, 0.5) is 0 Å². The number of hydrogen-bond acceptors (Lipinski definition) is 4. The molecule has 18 heavy (non-hydrogen) atoms. The normalized spacial score (nSPS) is 24.2. The van der Waals surface area contributed by atoms with E-state index in [1.165, 1.54) is 0 Å². The first-order valence-corrected chi connectivity index (χ1v) is 6.35. The van der Waals surface area contributed by atoms with Crippen LogP contribution in [-0.4, -0.2) is 19.2 Å². The zero-order chi connectivity index (χ0) is 13.2. The number of carbonyl (C=O) groups is 1. The minimum Gasteiger partial charge on any atom is -0.465 e. The number of ether oxygens (including phenoxy) is 2. The second kappa shape index (κ2) is 4.76. The van der Waals surface area contributed by atoms with Crippen LogP contribution in [0, 0.1) is 5.41 Å². The Kier molecular flexibility index (Phi) is 3.48. The van der Waals surface area contributed by atoms with Crippen molar-refractivity contribution in [2.24, 2.45) is 5.41 Å². The van der Waals surface area contributed by atoms with E-state index < -0.39 is 11.0 Å².